The number of carbonyl (C=O) groups excluding carboxylic acids is 2. The number of amides is 2. The van der Waals surface area contributed by atoms with E-state index in [1.807, 2.05) is 0 Å². The van der Waals surface area contributed by atoms with Crippen LogP contribution in [0.1, 0.15) is 48.4 Å². The maximum Gasteiger partial charge on any atom is 0.272 e. The number of alkyl halides is 2. The molecule has 0 aliphatic heterocycles. The number of carbonyl (C=O) groups is 2. The fourth-order valence-electron chi connectivity index (χ4n) is 2.77. The predicted molar refractivity (Wildman–Crippen MR) is 115 cm³/mol. The zero-order chi connectivity index (χ0) is 23.0. The summed E-state index contributed by atoms with van der Waals surface area (Å²) in [4.78, 5) is 28.8. The van der Waals surface area contributed by atoms with E-state index in [4.69, 9.17) is 16.3 Å². The van der Waals surface area contributed by atoms with Crippen LogP contribution < -0.4 is 15.4 Å². The normalized spacial score (nSPS) is 12.0. The number of nitrogens with one attached hydrogen (secondary N) is 2. The van der Waals surface area contributed by atoms with Gasteiger partial charge in [0.15, 0.2) is 0 Å². The van der Waals surface area contributed by atoms with Gasteiger partial charge in [0.2, 0.25) is 5.91 Å². The lowest BCUT2D eigenvalue weighted by Gasteiger charge is -2.17. The van der Waals surface area contributed by atoms with Gasteiger partial charge in [-0.1, -0.05) is 31.5 Å². The molecule has 1 atom stereocenters. The number of hydrogen-bond donors (Lipinski definition) is 2. The van der Waals surface area contributed by atoms with Crippen LogP contribution in [0.2, 0.25) is 5.02 Å². The first-order valence-corrected chi connectivity index (χ1v) is 10.3. The van der Waals surface area contributed by atoms with Gasteiger partial charge in [0.1, 0.15) is 12.4 Å². The third-order valence-corrected chi connectivity index (χ3v) is 4.78. The van der Waals surface area contributed by atoms with Crippen molar-refractivity contribution in [1.82, 2.24) is 15.6 Å². The monoisotopic (exact) mass is 453 g/mol. The van der Waals surface area contributed by atoms with Gasteiger partial charge in [0.25, 0.3) is 12.3 Å². The summed E-state index contributed by atoms with van der Waals surface area (Å²) in [5.74, 6) is -0.345. The van der Waals surface area contributed by atoms with Crippen LogP contribution in [-0.2, 0) is 11.2 Å². The second-order valence-corrected chi connectivity index (χ2v) is 7.69. The Kier molecular flexibility index (Phi) is 9.18. The van der Waals surface area contributed by atoms with Crippen LogP contribution in [0.15, 0.2) is 36.5 Å². The highest BCUT2D eigenvalue weighted by Gasteiger charge is 2.17. The third kappa shape index (κ3) is 7.47. The number of rotatable bonds is 10. The molecule has 6 nitrogen and oxygen atoms in total. The Balaban J connectivity index is 2.03. The molecule has 2 aromatic rings. The zero-order valence-electron chi connectivity index (χ0n) is 17.6. The minimum absolute atomic E-state index is 0.0617. The lowest BCUT2D eigenvalue weighted by atomic mass is 10.1. The Morgan fingerprint density at radius 3 is 2.58 bits per heavy atom. The molecule has 0 bridgehead atoms. The number of pyridine rings is 1. The first kappa shape index (κ1) is 24.5. The summed E-state index contributed by atoms with van der Waals surface area (Å²) in [5.41, 5.74) is 1.68. The highest BCUT2D eigenvalue weighted by molar-refractivity contribution is 6.32. The molecule has 2 N–H and O–H groups in total. The standard InChI is InChI=1S/C22H26ClF2N3O3/c1-13(2)21(29)27-10-8-18-16(5-4-9-26-18)22(30)28-14(3)15-6-7-19(17(23)11-15)31-12-20(24)25/h4-7,9,11,13-14,20H,8,10,12H2,1-3H3,(H,27,29)(H,28,30). The molecule has 0 aliphatic rings. The van der Waals surface area contributed by atoms with Crippen LogP contribution in [0.25, 0.3) is 0 Å². The van der Waals surface area contributed by atoms with Gasteiger partial charge in [0, 0.05) is 25.1 Å². The Morgan fingerprint density at radius 1 is 1.19 bits per heavy atom. The van der Waals surface area contributed by atoms with Crippen LogP contribution in [0.3, 0.4) is 0 Å². The van der Waals surface area contributed by atoms with Crippen LogP contribution in [0.4, 0.5) is 8.78 Å². The van der Waals surface area contributed by atoms with Crippen molar-refractivity contribution in [3.8, 4) is 5.75 Å². The predicted octanol–water partition coefficient (Wildman–Crippen LogP) is 4.18. The van der Waals surface area contributed by atoms with Crippen molar-refractivity contribution in [2.24, 2.45) is 5.92 Å². The van der Waals surface area contributed by atoms with E-state index in [9.17, 15) is 18.4 Å². The molecule has 2 amide bonds. The Bertz CT molecular complexity index is 909. The second kappa shape index (κ2) is 11.6. The van der Waals surface area contributed by atoms with E-state index in [2.05, 4.69) is 15.6 Å². The minimum atomic E-state index is -2.60. The average molecular weight is 454 g/mol. The lowest BCUT2D eigenvalue weighted by Crippen LogP contribution is -2.31. The van der Waals surface area contributed by atoms with Gasteiger partial charge < -0.3 is 15.4 Å². The third-order valence-electron chi connectivity index (χ3n) is 4.49. The molecule has 2 rings (SSSR count). The van der Waals surface area contributed by atoms with Crippen molar-refractivity contribution in [3.63, 3.8) is 0 Å². The molecule has 1 heterocycles. The van der Waals surface area contributed by atoms with Gasteiger partial charge in [-0.25, -0.2) is 8.78 Å². The smallest absolute Gasteiger partial charge is 0.272 e. The van der Waals surface area contributed by atoms with E-state index in [0.717, 1.165) is 0 Å². The maximum atomic E-state index is 12.8. The van der Waals surface area contributed by atoms with Crippen LogP contribution in [-0.4, -0.2) is 36.4 Å². The molecule has 9 heteroatoms. The van der Waals surface area contributed by atoms with Gasteiger partial charge in [-0.2, -0.15) is 0 Å². The molecule has 0 aliphatic carbocycles. The van der Waals surface area contributed by atoms with Gasteiger partial charge >= 0.3 is 0 Å². The average Bonchev–Trinajstić information content (AvgIpc) is 2.72. The summed E-state index contributed by atoms with van der Waals surface area (Å²) in [6.07, 6.45) is -0.586. The van der Waals surface area contributed by atoms with Crippen molar-refractivity contribution >= 4 is 23.4 Å². The topological polar surface area (TPSA) is 80.3 Å². The molecule has 1 aromatic heterocycles. The number of nitrogens with zero attached hydrogens (tertiary/aromatic N) is 1. The summed E-state index contributed by atoms with van der Waals surface area (Å²) in [6, 6.07) is 7.66. The van der Waals surface area contributed by atoms with E-state index in [1.165, 1.54) is 6.07 Å². The fraction of sp³-hybridized carbons (Fsp3) is 0.409. The van der Waals surface area contributed by atoms with E-state index in [-0.39, 0.29) is 28.5 Å². The van der Waals surface area contributed by atoms with Crippen molar-refractivity contribution in [1.29, 1.82) is 0 Å². The first-order chi connectivity index (χ1) is 14.7. The summed E-state index contributed by atoms with van der Waals surface area (Å²) in [7, 11) is 0. The summed E-state index contributed by atoms with van der Waals surface area (Å²) < 4.78 is 29.6. The molecular formula is C22H26ClF2N3O3. The first-order valence-electron chi connectivity index (χ1n) is 9.92. The second-order valence-electron chi connectivity index (χ2n) is 7.28. The molecular weight excluding hydrogens is 428 g/mol. The van der Waals surface area contributed by atoms with E-state index < -0.39 is 19.1 Å². The van der Waals surface area contributed by atoms with Crippen molar-refractivity contribution in [2.75, 3.05) is 13.2 Å². The van der Waals surface area contributed by atoms with Gasteiger partial charge in [-0.05, 0) is 36.8 Å². The van der Waals surface area contributed by atoms with Gasteiger partial charge in [-0.3, -0.25) is 14.6 Å². The van der Waals surface area contributed by atoms with Crippen LogP contribution in [0.5, 0.6) is 5.75 Å². The Labute approximate surface area is 185 Å². The van der Waals surface area contributed by atoms with E-state index in [1.54, 1.807) is 51.2 Å². The Morgan fingerprint density at radius 2 is 1.94 bits per heavy atom. The van der Waals surface area contributed by atoms with Crippen LogP contribution >= 0.6 is 11.6 Å². The number of ether oxygens (including phenoxy) is 1. The fourth-order valence-corrected chi connectivity index (χ4v) is 3.01. The summed E-state index contributed by atoms with van der Waals surface area (Å²) in [6.45, 7) is 5.02. The molecule has 0 spiro atoms. The SMILES string of the molecule is CC(C)C(=O)NCCc1ncccc1C(=O)NC(C)c1ccc(OCC(F)F)c(Cl)c1. The molecule has 0 saturated heterocycles. The number of aromatic nitrogens is 1. The highest BCUT2D eigenvalue weighted by Crippen LogP contribution is 2.28. The Hall–Kier alpha value is -2.74. The summed E-state index contributed by atoms with van der Waals surface area (Å²) in [5, 5.41) is 5.87. The lowest BCUT2D eigenvalue weighted by molar-refractivity contribution is -0.123. The largest absolute Gasteiger partial charge is 0.486 e. The molecule has 0 fully saturated rings. The molecule has 31 heavy (non-hydrogen) atoms. The molecule has 0 saturated carbocycles. The summed E-state index contributed by atoms with van der Waals surface area (Å²) >= 11 is 6.11. The van der Waals surface area contributed by atoms with Crippen molar-refractivity contribution in [3.05, 3.63) is 58.4 Å². The number of hydrogen-bond acceptors (Lipinski definition) is 4. The molecule has 0 radical (unpaired) electrons. The van der Waals surface area contributed by atoms with E-state index >= 15 is 0 Å². The van der Waals surface area contributed by atoms with Gasteiger partial charge in [-0.15, -0.1) is 0 Å². The van der Waals surface area contributed by atoms with E-state index in [0.29, 0.717) is 29.8 Å². The molecule has 1 unspecified atom stereocenters. The zero-order valence-corrected chi connectivity index (χ0v) is 18.4. The maximum absolute atomic E-state index is 12.8. The number of halogens is 3. The quantitative estimate of drug-likeness (QED) is 0.565. The van der Waals surface area contributed by atoms with Gasteiger partial charge in [0.05, 0.1) is 22.3 Å². The van der Waals surface area contributed by atoms with Crippen molar-refractivity contribution < 1.29 is 23.1 Å². The highest BCUT2D eigenvalue weighted by atomic mass is 35.5. The minimum Gasteiger partial charge on any atom is -0.486 e. The molecule has 1 aromatic carbocycles. The molecule has 168 valence electrons. The van der Waals surface area contributed by atoms with Crippen LogP contribution in [0, 0.1) is 5.92 Å². The number of benzene rings is 1. The van der Waals surface area contributed by atoms with Crippen molar-refractivity contribution in [2.45, 2.75) is 39.7 Å².